The highest BCUT2D eigenvalue weighted by Gasteiger charge is 2.32. The summed E-state index contributed by atoms with van der Waals surface area (Å²) < 4.78 is 0. The molecule has 0 aliphatic heterocycles. The Labute approximate surface area is 209 Å². The van der Waals surface area contributed by atoms with Crippen LogP contribution in [0, 0.1) is 6.92 Å². The van der Waals surface area contributed by atoms with Crippen LogP contribution in [0.15, 0.2) is 85.3 Å². The summed E-state index contributed by atoms with van der Waals surface area (Å²) in [7, 11) is 0. The van der Waals surface area contributed by atoms with Crippen LogP contribution in [0.1, 0.15) is 28.2 Å². The van der Waals surface area contributed by atoms with E-state index in [1.165, 1.54) is 6.33 Å². The van der Waals surface area contributed by atoms with Gasteiger partial charge in [0.05, 0.1) is 12.3 Å². The molecule has 1 aliphatic carbocycles. The first kappa shape index (κ1) is 23.4. The lowest BCUT2D eigenvalue weighted by molar-refractivity contribution is -0.196. The lowest BCUT2D eigenvalue weighted by Gasteiger charge is -2.26. The molecule has 180 valence electrons. The van der Waals surface area contributed by atoms with Crippen LogP contribution in [-0.4, -0.2) is 45.2 Å². The molecule has 0 unspecified atom stereocenters. The molecule has 36 heavy (non-hydrogen) atoms. The van der Waals surface area contributed by atoms with E-state index in [0.717, 1.165) is 38.4 Å². The van der Waals surface area contributed by atoms with E-state index in [2.05, 4.69) is 22.1 Å². The smallest absolute Gasteiger partial charge is 0.329 e. The third-order valence-corrected chi connectivity index (χ3v) is 6.65. The predicted octanol–water partition coefficient (Wildman–Crippen LogP) is 4.65. The first-order valence-corrected chi connectivity index (χ1v) is 11.7. The Morgan fingerprint density at radius 1 is 1.00 bits per heavy atom. The number of carboxylic acids is 1. The van der Waals surface area contributed by atoms with Crippen molar-refractivity contribution in [1.29, 1.82) is 0 Å². The molecule has 0 saturated heterocycles. The summed E-state index contributed by atoms with van der Waals surface area (Å²) in [5, 5.41) is 10.9. The van der Waals surface area contributed by atoms with Crippen LogP contribution in [0.4, 0.5) is 0 Å². The van der Waals surface area contributed by atoms with Gasteiger partial charge in [0.2, 0.25) is 6.41 Å². The maximum atomic E-state index is 12.3. The van der Waals surface area contributed by atoms with Gasteiger partial charge in [0.15, 0.2) is 6.04 Å². The molecule has 1 atom stereocenters. The molecule has 0 bridgehead atoms. The number of aryl methyl sites for hydroxylation is 1. The number of aromatic nitrogens is 2. The van der Waals surface area contributed by atoms with Crippen molar-refractivity contribution < 1.29 is 19.5 Å². The average Bonchev–Trinajstić information content (AvgIpc) is 3.22. The van der Waals surface area contributed by atoms with Crippen molar-refractivity contribution in [3.63, 3.8) is 0 Å². The minimum atomic E-state index is -1.25. The van der Waals surface area contributed by atoms with Gasteiger partial charge in [-0.05, 0) is 40.3 Å². The minimum absolute atomic E-state index is 0.00355. The molecular weight excluding hydrogens is 454 g/mol. The molecule has 3 aromatic carbocycles. The normalized spacial score (nSPS) is 13.0. The van der Waals surface area contributed by atoms with Gasteiger partial charge in [-0.1, -0.05) is 72.8 Å². The largest absolute Gasteiger partial charge is 0.480 e. The number of hydrogen-bond donors (Lipinski definition) is 1. The monoisotopic (exact) mass is 479 g/mol. The quantitative estimate of drug-likeness (QED) is 0.278. The van der Waals surface area contributed by atoms with Gasteiger partial charge in [-0.3, -0.25) is 9.63 Å². The maximum Gasteiger partial charge on any atom is 0.329 e. The second-order valence-corrected chi connectivity index (χ2v) is 8.76. The molecule has 0 spiro atoms. The van der Waals surface area contributed by atoms with E-state index >= 15 is 0 Å². The number of carbonyl (C=O) groups is 2. The summed E-state index contributed by atoms with van der Waals surface area (Å²) >= 11 is 0. The molecule has 0 radical (unpaired) electrons. The molecule has 1 heterocycles. The Morgan fingerprint density at radius 3 is 2.22 bits per heavy atom. The zero-order chi connectivity index (χ0) is 25.1. The van der Waals surface area contributed by atoms with E-state index in [9.17, 15) is 14.7 Å². The van der Waals surface area contributed by atoms with Crippen molar-refractivity contribution in [2.45, 2.75) is 25.3 Å². The molecule has 7 nitrogen and oxygen atoms in total. The van der Waals surface area contributed by atoms with Gasteiger partial charge in [-0.25, -0.2) is 19.8 Å². The lowest BCUT2D eigenvalue weighted by atomic mass is 9.98. The standard InChI is InChI=1S/C29H25N3O4/c1-19-8-2-3-9-21(19)28-20(15-30-17-31-28)14-27(29(34)35)32(18-33)36-16-26-24-12-6-4-10-22(24)23-11-5-7-13-25(23)26/h2-13,15,17-18,26-27H,14,16H2,1H3,(H,34,35)/t27-/m0/s1. The number of rotatable bonds is 9. The third-order valence-electron chi connectivity index (χ3n) is 6.65. The lowest BCUT2D eigenvalue weighted by Crippen LogP contribution is -2.42. The Bertz CT molecular complexity index is 1380. The van der Waals surface area contributed by atoms with Crippen LogP contribution >= 0.6 is 0 Å². The summed E-state index contributed by atoms with van der Waals surface area (Å²) in [6, 6.07) is 22.6. The number of hydroxylamine groups is 2. The van der Waals surface area contributed by atoms with Crippen molar-refractivity contribution in [3.8, 4) is 22.4 Å². The SMILES string of the molecule is Cc1ccccc1-c1ncncc1C[C@@H](C(=O)O)N(C=O)OCC1c2ccccc2-c2ccccc21. The summed E-state index contributed by atoms with van der Waals surface area (Å²) in [4.78, 5) is 38.8. The molecule has 1 aliphatic rings. The number of carboxylic acid groups (broad SMARTS) is 1. The average molecular weight is 480 g/mol. The predicted molar refractivity (Wildman–Crippen MR) is 135 cm³/mol. The summed E-state index contributed by atoms with van der Waals surface area (Å²) in [5.74, 6) is -1.29. The van der Waals surface area contributed by atoms with Gasteiger partial charge < -0.3 is 5.11 Å². The first-order valence-electron chi connectivity index (χ1n) is 11.7. The van der Waals surface area contributed by atoms with E-state index in [1.54, 1.807) is 6.20 Å². The van der Waals surface area contributed by atoms with Crippen LogP contribution < -0.4 is 0 Å². The Kier molecular flexibility index (Phi) is 6.56. The van der Waals surface area contributed by atoms with Crippen LogP contribution in [0.3, 0.4) is 0 Å². The third kappa shape index (κ3) is 4.36. The second kappa shape index (κ2) is 10.1. The van der Waals surface area contributed by atoms with Crippen molar-refractivity contribution >= 4 is 12.4 Å². The van der Waals surface area contributed by atoms with Gasteiger partial charge in [-0.2, -0.15) is 0 Å². The molecule has 7 heteroatoms. The maximum absolute atomic E-state index is 12.3. The number of hydrogen-bond acceptors (Lipinski definition) is 5. The molecule has 5 rings (SSSR count). The fourth-order valence-electron chi connectivity index (χ4n) is 4.88. The fourth-order valence-corrected chi connectivity index (χ4v) is 4.88. The summed E-state index contributed by atoms with van der Waals surface area (Å²) in [6.45, 7) is 2.10. The van der Waals surface area contributed by atoms with Gasteiger partial charge in [0, 0.05) is 24.1 Å². The van der Waals surface area contributed by atoms with E-state index in [0.29, 0.717) is 17.7 Å². The van der Waals surface area contributed by atoms with E-state index in [1.807, 2.05) is 67.6 Å². The van der Waals surface area contributed by atoms with E-state index in [4.69, 9.17) is 4.84 Å². The highest BCUT2D eigenvalue weighted by atomic mass is 16.7. The first-order chi connectivity index (χ1) is 17.6. The molecule has 4 aromatic rings. The molecular formula is C29H25N3O4. The molecule has 1 amide bonds. The highest BCUT2D eigenvalue weighted by Crippen LogP contribution is 2.44. The number of benzene rings is 3. The molecule has 0 fully saturated rings. The van der Waals surface area contributed by atoms with Crippen LogP contribution in [0.5, 0.6) is 0 Å². The van der Waals surface area contributed by atoms with Crippen molar-refractivity contribution in [3.05, 3.63) is 108 Å². The minimum Gasteiger partial charge on any atom is -0.480 e. The zero-order valence-corrected chi connectivity index (χ0v) is 19.7. The van der Waals surface area contributed by atoms with Crippen molar-refractivity contribution in [2.24, 2.45) is 0 Å². The fraction of sp³-hybridized carbons (Fsp3) is 0.172. The van der Waals surface area contributed by atoms with Crippen molar-refractivity contribution in [1.82, 2.24) is 15.0 Å². The topological polar surface area (TPSA) is 92.6 Å². The van der Waals surface area contributed by atoms with E-state index in [-0.39, 0.29) is 18.9 Å². The van der Waals surface area contributed by atoms with Crippen LogP contribution in [0.2, 0.25) is 0 Å². The van der Waals surface area contributed by atoms with E-state index < -0.39 is 12.0 Å². The number of aliphatic carboxylic acids is 1. The molecule has 1 aromatic heterocycles. The highest BCUT2D eigenvalue weighted by molar-refractivity contribution is 5.79. The van der Waals surface area contributed by atoms with Gasteiger partial charge in [-0.15, -0.1) is 0 Å². The number of nitrogens with zero attached hydrogens (tertiary/aromatic N) is 3. The Hall–Kier alpha value is -4.36. The van der Waals surface area contributed by atoms with Crippen LogP contribution in [-0.2, 0) is 20.8 Å². The number of carbonyl (C=O) groups excluding carboxylic acids is 1. The molecule has 1 N–H and O–H groups in total. The number of amides is 1. The van der Waals surface area contributed by atoms with Crippen LogP contribution in [0.25, 0.3) is 22.4 Å². The Morgan fingerprint density at radius 2 is 1.61 bits per heavy atom. The zero-order valence-electron chi connectivity index (χ0n) is 19.7. The van der Waals surface area contributed by atoms with Gasteiger partial charge in [0.25, 0.3) is 0 Å². The summed E-state index contributed by atoms with van der Waals surface area (Å²) in [6.07, 6.45) is 3.46. The summed E-state index contributed by atoms with van der Waals surface area (Å²) in [5.41, 5.74) is 7.58. The van der Waals surface area contributed by atoms with Gasteiger partial charge in [0.1, 0.15) is 6.33 Å². The molecule has 0 saturated carbocycles. The second-order valence-electron chi connectivity index (χ2n) is 8.76. The Balaban J connectivity index is 1.40. The van der Waals surface area contributed by atoms with Gasteiger partial charge >= 0.3 is 5.97 Å². The van der Waals surface area contributed by atoms with Crippen molar-refractivity contribution in [2.75, 3.05) is 6.61 Å². The number of fused-ring (bicyclic) bond motifs is 3.